The number of aromatic amines is 1. The van der Waals surface area contributed by atoms with Crippen LogP contribution in [0.3, 0.4) is 0 Å². The smallest absolute Gasteiger partial charge is 0.253 e. The van der Waals surface area contributed by atoms with E-state index in [4.69, 9.17) is 0 Å². The topological polar surface area (TPSA) is 82.9 Å². The summed E-state index contributed by atoms with van der Waals surface area (Å²) in [5.74, 6) is 0.726. The minimum absolute atomic E-state index is 0.0841. The van der Waals surface area contributed by atoms with Crippen LogP contribution in [0.1, 0.15) is 50.2 Å². The Morgan fingerprint density at radius 3 is 2.60 bits per heavy atom. The van der Waals surface area contributed by atoms with Crippen molar-refractivity contribution in [2.75, 3.05) is 33.2 Å². The molecule has 8 heteroatoms. The second kappa shape index (κ2) is 7.92. The van der Waals surface area contributed by atoms with Crippen LogP contribution >= 0.6 is 0 Å². The average molecular weight is 410 g/mol. The molecule has 0 amide bonds. The van der Waals surface area contributed by atoms with Gasteiger partial charge < -0.3 is 9.88 Å². The fourth-order valence-electron chi connectivity index (χ4n) is 4.07. The molecule has 4 rings (SSSR count). The Morgan fingerprint density at radius 1 is 1.17 bits per heavy atom. The number of piperazine rings is 1. The lowest BCUT2D eigenvalue weighted by Gasteiger charge is -2.38. The van der Waals surface area contributed by atoms with E-state index in [0.717, 1.165) is 54.9 Å². The summed E-state index contributed by atoms with van der Waals surface area (Å²) in [6.07, 6.45) is 0.883. The van der Waals surface area contributed by atoms with Gasteiger partial charge >= 0.3 is 0 Å². The summed E-state index contributed by atoms with van der Waals surface area (Å²) in [7, 11) is 2.13. The Hall–Kier alpha value is -2.58. The monoisotopic (exact) mass is 409 g/mol. The molecule has 0 aliphatic carbocycles. The predicted octanol–water partition coefficient (Wildman–Crippen LogP) is 2.30. The number of H-pyrrole nitrogens is 1. The van der Waals surface area contributed by atoms with Gasteiger partial charge in [0.1, 0.15) is 6.04 Å². The summed E-state index contributed by atoms with van der Waals surface area (Å²) >= 11 is 0. The molecular weight excluding hydrogens is 378 g/mol. The largest absolute Gasteiger partial charge is 0.322 e. The molecule has 8 nitrogen and oxygen atoms in total. The average Bonchev–Trinajstić information content (AvgIpc) is 3.21. The Labute approximate surface area is 176 Å². The number of nitrogens with one attached hydrogen (secondary N) is 1. The normalized spacial score (nSPS) is 17.5. The van der Waals surface area contributed by atoms with Gasteiger partial charge in [-0.3, -0.25) is 9.69 Å². The zero-order valence-corrected chi connectivity index (χ0v) is 18.5. The van der Waals surface area contributed by atoms with Gasteiger partial charge in [0.25, 0.3) is 5.56 Å². The van der Waals surface area contributed by atoms with E-state index in [1.54, 1.807) is 0 Å². The molecule has 0 spiro atoms. The lowest BCUT2D eigenvalue weighted by molar-refractivity contribution is 0.117. The van der Waals surface area contributed by atoms with Crippen LogP contribution in [-0.2, 0) is 5.54 Å². The van der Waals surface area contributed by atoms with Crippen molar-refractivity contribution < 1.29 is 0 Å². The highest BCUT2D eigenvalue weighted by Crippen LogP contribution is 2.31. The second-order valence-corrected chi connectivity index (χ2v) is 9.00. The molecule has 30 heavy (non-hydrogen) atoms. The molecule has 0 bridgehead atoms. The van der Waals surface area contributed by atoms with Crippen LogP contribution < -0.4 is 5.56 Å². The Bertz CT molecular complexity index is 1090. The Balaban J connectivity index is 1.89. The standard InChI is InChI=1S/C22H31N7O/c1-6-22(3,4)29-20(24-25-26-29)19(28-11-9-27(5)10-12-28)17-14-16-13-15(2)7-8-18(16)23-21(17)30/h7-8,13-14,19H,6,9-12H2,1-5H3,(H,23,30)/t19-/m1/s1. The molecule has 1 atom stereocenters. The van der Waals surface area contributed by atoms with Gasteiger partial charge in [-0.15, -0.1) is 5.10 Å². The third-order valence-corrected chi connectivity index (χ3v) is 6.40. The molecule has 1 saturated heterocycles. The molecule has 3 heterocycles. The quantitative estimate of drug-likeness (QED) is 0.696. The highest BCUT2D eigenvalue weighted by Gasteiger charge is 2.35. The summed E-state index contributed by atoms with van der Waals surface area (Å²) < 4.78 is 1.90. The first kappa shape index (κ1) is 20.7. The van der Waals surface area contributed by atoms with Crippen molar-refractivity contribution in [3.63, 3.8) is 0 Å². The maximum atomic E-state index is 13.2. The van der Waals surface area contributed by atoms with Crippen LogP contribution in [0.5, 0.6) is 0 Å². The number of rotatable bonds is 5. The van der Waals surface area contributed by atoms with Crippen LogP contribution in [0, 0.1) is 6.92 Å². The summed E-state index contributed by atoms with van der Waals surface area (Å²) in [4.78, 5) is 20.9. The van der Waals surface area contributed by atoms with Crippen molar-refractivity contribution in [3.05, 3.63) is 51.6 Å². The summed E-state index contributed by atoms with van der Waals surface area (Å²) in [6, 6.07) is 7.80. The number of aromatic nitrogens is 5. The molecule has 1 fully saturated rings. The van der Waals surface area contributed by atoms with E-state index < -0.39 is 0 Å². The summed E-state index contributed by atoms with van der Waals surface area (Å²) in [5, 5.41) is 13.8. The van der Waals surface area contributed by atoms with Crippen LogP contribution in [0.15, 0.2) is 29.1 Å². The number of aryl methyl sites for hydroxylation is 1. The van der Waals surface area contributed by atoms with Gasteiger partial charge in [-0.05, 0) is 68.3 Å². The maximum absolute atomic E-state index is 13.2. The molecule has 2 aromatic heterocycles. The van der Waals surface area contributed by atoms with Gasteiger partial charge in [-0.2, -0.15) is 0 Å². The first-order chi connectivity index (χ1) is 14.3. The molecule has 1 aliphatic heterocycles. The second-order valence-electron chi connectivity index (χ2n) is 9.00. The molecule has 0 unspecified atom stereocenters. The molecule has 0 radical (unpaired) electrons. The number of likely N-dealkylation sites (N-methyl/N-ethyl adjacent to an activating group) is 1. The number of hydrogen-bond donors (Lipinski definition) is 1. The molecular formula is C22H31N7O. The number of benzene rings is 1. The first-order valence-electron chi connectivity index (χ1n) is 10.6. The number of hydrogen-bond acceptors (Lipinski definition) is 6. The Kier molecular flexibility index (Phi) is 5.46. The SMILES string of the molecule is CCC(C)(C)n1nnnc1[C@@H](c1cc2cc(C)ccc2[nH]c1=O)N1CCN(C)CC1. The summed E-state index contributed by atoms with van der Waals surface area (Å²) in [5.41, 5.74) is 2.37. The Morgan fingerprint density at radius 2 is 1.90 bits per heavy atom. The van der Waals surface area contributed by atoms with E-state index in [1.807, 2.05) is 22.9 Å². The van der Waals surface area contributed by atoms with E-state index in [1.165, 1.54) is 0 Å². The van der Waals surface area contributed by atoms with E-state index in [2.05, 4.69) is 71.1 Å². The van der Waals surface area contributed by atoms with E-state index in [9.17, 15) is 4.79 Å². The molecule has 1 N–H and O–H groups in total. The van der Waals surface area contributed by atoms with Crippen LogP contribution in [-0.4, -0.2) is 68.2 Å². The van der Waals surface area contributed by atoms with Gasteiger partial charge in [0.2, 0.25) is 0 Å². The summed E-state index contributed by atoms with van der Waals surface area (Å²) in [6.45, 7) is 12.0. The van der Waals surface area contributed by atoms with Crippen molar-refractivity contribution in [1.29, 1.82) is 0 Å². The van der Waals surface area contributed by atoms with Crippen LogP contribution in [0.25, 0.3) is 10.9 Å². The molecule has 160 valence electrons. The van der Waals surface area contributed by atoms with Crippen molar-refractivity contribution in [3.8, 4) is 0 Å². The van der Waals surface area contributed by atoms with Gasteiger partial charge in [0.15, 0.2) is 5.82 Å². The molecule has 1 aliphatic rings. The number of fused-ring (bicyclic) bond motifs is 1. The third kappa shape index (κ3) is 3.77. The highest BCUT2D eigenvalue weighted by molar-refractivity contribution is 5.79. The number of pyridine rings is 1. The number of tetrazole rings is 1. The zero-order valence-electron chi connectivity index (χ0n) is 18.5. The zero-order chi connectivity index (χ0) is 21.5. The maximum Gasteiger partial charge on any atom is 0.253 e. The fraction of sp³-hybridized carbons (Fsp3) is 0.545. The van der Waals surface area contributed by atoms with E-state index >= 15 is 0 Å². The highest BCUT2D eigenvalue weighted by atomic mass is 16.1. The minimum Gasteiger partial charge on any atom is -0.322 e. The van der Waals surface area contributed by atoms with E-state index in [0.29, 0.717) is 5.56 Å². The fourth-order valence-corrected chi connectivity index (χ4v) is 4.07. The minimum atomic E-state index is -0.298. The van der Waals surface area contributed by atoms with Gasteiger partial charge in [0, 0.05) is 37.3 Å². The number of nitrogens with zero attached hydrogens (tertiary/aromatic N) is 6. The lowest BCUT2D eigenvalue weighted by Crippen LogP contribution is -2.48. The van der Waals surface area contributed by atoms with Crippen molar-refractivity contribution >= 4 is 10.9 Å². The van der Waals surface area contributed by atoms with Gasteiger partial charge in [-0.1, -0.05) is 18.6 Å². The van der Waals surface area contributed by atoms with Crippen molar-refractivity contribution in [2.45, 2.75) is 45.7 Å². The lowest BCUT2D eigenvalue weighted by atomic mass is 9.98. The van der Waals surface area contributed by atoms with Crippen LogP contribution in [0.4, 0.5) is 0 Å². The van der Waals surface area contributed by atoms with Crippen LogP contribution in [0.2, 0.25) is 0 Å². The predicted molar refractivity (Wildman–Crippen MR) is 118 cm³/mol. The first-order valence-corrected chi connectivity index (χ1v) is 10.6. The van der Waals surface area contributed by atoms with Crippen molar-refractivity contribution in [2.24, 2.45) is 0 Å². The van der Waals surface area contributed by atoms with Crippen molar-refractivity contribution in [1.82, 2.24) is 35.0 Å². The molecule has 0 saturated carbocycles. The van der Waals surface area contributed by atoms with Gasteiger partial charge in [0.05, 0.1) is 5.54 Å². The molecule has 1 aromatic carbocycles. The third-order valence-electron chi connectivity index (χ3n) is 6.40. The molecule has 3 aromatic rings. The van der Waals surface area contributed by atoms with Gasteiger partial charge in [-0.25, -0.2) is 4.68 Å². The van der Waals surface area contributed by atoms with E-state index in [-0.39, 0.29) is 17.1 Å².